The molecule has 0 bridgehead atoms. The Bertz CT molecular complexity index is 604. The lowest BCUT2D eigenvalue weighted by Gasteiger charge is -2.30. The molecule has 0 heterocycles. The van der Waals surface area contributed by atoms with E-state index in [1.807, 2.05) is 0 Å². The van der Waals surface area contributed by atoms with Gasteiger partial charge in [0, 0.05) is 5.56 Å². The Kier molecular flexibility index (Phi) is 4.75. The fraction of sp³-hybridized carbons (Fsp3) is 0.588. The number of hydrogen-bond acceptors (Lipinski definition) is 2. The Labute approximate surface area is 144 Å². The van der Waals surface area contributed by atoms with Crippen molar-refractivity contribution in [2.45, 2.75) is 48.8 Å². The molecule has 126 valence electrons. The summed E-state index contributed by atoms with van der Waals surface area (Å²) in [5.41, 5.74) is 0.135. The van der Waals surface area contributed by atoms with E-state index < -0.39 is 16.1 Å². The summed E-state index contributed by atoms with van der Waals surface area (Å²) in [5, 5.41) is 9.06. The summed E-state index contributed by atoms with van der Waals surface area (Å²) in [5.74, 6) is -1.00. The molecular formula is C17H19Cl2FO3. The van der Waals surface area contributed by atoms with Crippen LogP contribution < -0.4 is 4.74 Å². The highest BCUT2D eigenvalue weighted by atomic mass is 35.5. The van der Waals surface area contributed by atoms with Gasteiger partial charge in [-0.05, 0) is 62.5 Å². The van der Waals surface area contributed by atoms with E-state index >= 15 is 0 Å². The van der Waals surface area contributed by atoms with Gasteiger partial charge in [-0.3, -0.25) is 0 Å². The van der Waals surface area contributed by atoms with Crippen LogP contribution in [0.5, 0.6) is 5.75 Å². The van der Waals surface area contributed by atoms with Gasteiger partial charge in [0.1, 0.15) is 15.9 Å². The molecule has 2 aliphatic carbocycles. The van der Waals surface area contributed by atoms with Crippen molar-refractivity contribution >= 4 is 29.2 Å². The first-order valence-electron chi connectivity index (χ1n) is 7.94. The maximum Gasteiger partial charge on any atom is 0.338 e. The van der Waals surface area contributed by atoms with Gasteiger partial charge in [-0.15, -0.1) is 23.2 Å². The smallest absolute Gasteiger partial charge is 0.338 e. The summed E-state index contributed by atoms with van der Waals surface area (Å²) in [7, 11) is 0. The molecule has 1 aromatic rings. The summed E-state index contributed by atoms with van der Waals surface area (Å²) in [6.07, 6.45) is 4.96. The molecular weight excluding hydrogens is 342 g/mol. The number of alkyl halides is 2. The molecule has 6 heteroatoms. The second kappa shape index (κ2) is 6.48. The number of carbonyl (C=O) groups is 1. The molecule has 3 nitrogen and oxygen atoms in total. The number of halogens is 3. The average Bonchev–Trinajstić information content (AvgIpc) is 3.30. The van der Waals surface area contributed by atoms with Crippen LogP contribution in [0.3, 0.4) is 0 Å². The third kappa shape index (κ3) is 3.92. The van der Waals surface area contributed by atoms with Gasteiger partial charge in [0.15, 0.2) is 0 Å². The Morgan fingerprint density at radius 3 is 2.48 bits per heavy atom. The quantitative estimate of drug-likeness (QED) is 0.739. The number of benzene rings is 1. The highest BCUT2D eigenvalue weighted by Gasteiger charge is 2.34. The first kappa shape index (κ1) is 16.8. The van der Waals surface area contributed by atoms with Crippen molar-refractivity contribution in [2.75, 3.05) is 6.61 Å². The topological polar surface area (TPSA) is 46.5 Å². The second-order valence-corrected chi connectivity index (χ2v) is 8.17. The molecule has 2 aliphatic rings. The minimum atomic E-state index is -1.25. The third-order valence-electron chi connectivity index (χ3n) is 4.67. The standard InChI is InChI=1S/C17H19Cl2FO3/c18-17(19)7-5-10(6-8-17)9-23-13-4-3-12(16(21)22)15(20)14(13)11-1-2-11/h3-4,10-11H,1-2,5-9H2,(H,21,22). The zero-order valence-electron chi connectivity index (χ0n) is 12.7. The van der Waals surface area contributed by atoms with Crippen molar-refractivity contribution < 1.29 is 19.0 Å². The molecule has 0 aromatic heterocycles. The van der Waals surface area contributed by atoms with E-state index in [0.717, 1.165) is 38.5 Å². The van der Waals surface area contributed by atoms with Crippen molar-refractivity contribution in [3.63, 3.8) is 0 Å². The molecule has 1 N–H and O–H groups in total. The molecule has 2 saturated carbocycles. The van der Waals surface area contributed by atoms with Crippen molar-refractivity contribution in [3.8, 4) is 5.75 Å². The van der Waals surface area contributed by atoms with Gasteiger partial charge in [0.05, 0.1) is 12.2 Å². The lowest BCUT2D eigenvalue weighted by Crippen LogP contribution is -2.26. The van der Waals surface area contributed by atoms with Gasteiger partial charge in [-0.25, -0.2) is 9.18 Å². The first-order chi connectivity index (χ1) is 10.9. The summed E-state index contributed by atoms with van der Waals surface area (Å²) >= 11 is 12.2. The largest absolute Gasteiger partial charge is 0.493 e. The number of aromatic carboxylic acids is 1. The van der Waals surface area contributed by atoms with Crippen molar-refractivity contribution in [3.05, 3.63) is 29.1 Å². The fourth-order valence-corrected chi connectivity index (χ4v) is 3.53. The highest BCUT2D eigenvalue weighted by molar-refractivity contribution is 6.48. The third-order valence-corrected chi connectivity index (χ3v) is 5.42. The van der Waals surface area contributed by atoms with Crippen LogP contribution in [0, 0.1) is 11.7 Å². The predicted molar refractivity (Wildman–Crippen MR) is 87.2 cm³/mol. The van der Waals surface area contributed by atoms with Crippen LogP contribution >= 0.6 is 23.2 Å². The number of rotatable bonds is 5. The molecule has 0 saturated heterocycles. The van der Waals surface area contributed by atoms with E-state index in [4.69, 9.17) is 33.0 Å². The van der Waals surface area contributed by atoms with Crippen LogP contribution in [-0.4, -0.2) is 22.0 Å². The van der Waals surface area contributed by atoms with Gasteiger partial charge < -0.3 is 9.84 Å². The summed E-state index contributed by atoms with van der Waals surface area (Å²) in [6, 6.07) is 2.86. The van der Waals surface area contributed by atoms with E-state index in [2.05, 4.69) is 0 Å². The number of hydrogen-bond donors (Lipinski definition) is 1. The molecule has 0 amide bonds. The number of carboxylic acids is 1. The van der Waals surface area contributed by atoms with Crippen LogP contribution in [-0.2, 0) is 0 Å². The fourth-order valence-electron chi connectivity index (χ4n) is 3.09. The zero-order chi connectivity index (χ0) is 16.6. The average molecular weight is 361 g/mol. The van der Waals surface area contributed by atoms with E-state index in [1.165, 1.54) is 6.07 Å². The summed E-state index contributed by atoms with van der Waals surface area (Å²) in [6.45, 7) is 0.482. The molecule has 0 atom stereocenters. The second-order valence-electron chi connectivity index (χ2n) is 6.53. The monoisotopic (exact) mass is 360 g/mol. The molecule has 0 radical (unpaired) electrons. The molecule has 2 fully saturated rings. The van der Waals surface area contributed by atoms with Gasteiger partial charge >= 0.3 is 5.97 Å². The molecule has 0 unspecified atom stereocenters. The van der Waals surface area contributed by atoms with Gasteiger partial charge in [0.25, 0.3) is 0 Å². The molecule has 0 spiro atoms. The van der Waals surface area contributed by atoms with Crippen LogP contribution in [0.1, 0.15) is 60.4 Å². The minimum Gasteiger partial charge on any atom is -0.493 e. The molecule has 3 rings (SSSR count). The summed E-state index contributed by atoms with van der Waals surface area (Å²) < 4.78 is 19.7. The van der Waals surface area contributed by atoms with Gasteiger partial charge in [0.2, 0.25) is 0 Å². The molecule has 23 heavy (non-hydrogen) atoms. The van der Waals surface area contributed by atoms with E-state index in [1.54, 1.807) is 6.07 Å². The predicted octanol–water partition coefficient (Wildman–Crippen LogP) is 5.14. The summed E-state index contributed by atoms with van der Waals surface area (Å²) in [4.78, 5) is 11.1. The van der Waals surface area contributed by atoms with Gasteiger partial charge in [-0.1, -0.05) is 0 Å². The normalized spacial score (nSPS) is 21.2. The molecule has 0 aliphatic heterocycles. The van der Waals surface area contributed by atoms with Gasteiger partial charge in [-0.2, -0.15) is 0 Å². The van der Waals surface area contributed by atoms with Crippen molar-refractivity contribution in [1.82, 2.24) is 0 Å². The first-order valence-corrected chi connectivity index (χ1v) is 8.69. The SMILES string of the molecule is O=C(O)c1ccc(OCC2CCC(Cl)(Cl)CC2)c(C2CC2)c1F. The minimum absolute atomic E-state index is 0.0778. The van der Waals surface area contributed by atoms with E-state index in [-0.39, 0.29) is 11.5 Å². The van der Waals surface area contributed by atoms with Crippen LogP contribution in [0.25, 0.3) is 0 Å². The van der Waals surface area contributed by atoms with Crippen molar-refractivity contribution in [2.24, 2.45) is 5.92 Å². The van der Waals surface area contributed by atoms with Crippen LogP contribution in [0.2, 0.25) is 0 Å². The lowest BCUT2D eigenvalue weighted by molar-refractivity contribution is 0.0691. The molecule has 1 aromatic carbocycles. The van der Waals surface area contributed by atoms with Crippen molar-refractivity contribution in [1.29, 1.82) is 0 Å². The zero-order valence-corrected chi connectivity index (χ0v) is 14.2. The Morgan fingerprint density at radius 2 is 1.91 bits per heavy atom. The van der Waals surface area contributed by atoms with Crippen LogP contribution in [0.15, 0.2) is 12.1 Å². The maximum atomic E-state index is 14.4. The number of ether oxygens (including phenoxy) is 1. The van der Waals surface area contributed by atoms with Crippen LogP contribution in [0.4, 0.5) is 4.39 Å². The highest BCUT2D eigenvalue weighted by Crippen LogP contribution is 2.47. The Hall–Kier alpha value is -1.00. The Morgan fingerprint density at radius 1 is 1.26 bits per heavy atom. The lowest BCUT2D eigenvalue weighted by atomic mass is 9.89. The Balaban J connectivity index is 1.71. The maximum absolute atomic E-state index is 14.4. The van der Waals surface area contributed by atoms with E-state index in [9.17, 15) is 9.18 Å². The number of carboxylic acid groups (broad SMARTS) is 1. The van der Waals surface area contributed by atoms with E-state index in [0.29, 0.717) is 23.8 Å².